The minimum absolute atomic E-state index is 0.0400. The number of benzene rings is 1. The van der Waals surface area contributed by atoms with Crippen LogP contribution in [-0.2, 0) is 24.2 Å². The second kappa shape index (κ2) is 9.58. The molecule has 0 radical (unpaired) electrons. The van der Waals surface area contributed by atoms with Gasteiger partial charge in [0.2, 0.25) is 5.91 Å². The number of rotatable bonds is 6. The normalized spacial score (nSPS) is 16.4. The van der Waals surface area contributed by atoms with Gasteiger partial charge in [0.1, 0.15) is 6.54 Å². The fraction of sp³-hybridized carbons (Fsp3) is 0.500. The lowest BCUT2D eigenvalue weighted by molar-refractivity contribution is -0.127. The summed E-state index contributed by atoms with van der Waals surface area (Å²) in [7, 11) is 3.47. The third kappa shape index (κ3) is 5.82. The number of carbonyl (C=O) groups excluding carboxylic acids is 1. The highest BCUT2D eigenvalue weighted by molar-refractivity contribution is 5.85. The SMILES string of the molecule is CC(C)c1cc(CNC(=NCC(=O)N(C)C)NC2CCc3ccccc3C2)on1. The number of likely N-dealkylation sites (N-methyl/N-ethyl adjacent to an activating group) is 1. The number of carbonyl (C=O) groups is 1. The zero-order valence-electron chi connectivity index (χ0n) is 17.7. The molecule has 1 atom stereocenters. The van der Waals surface area contributed by atoms with E-state index >= 15 is 0 Å². The highest BCUT2D eigenvalue weighted by atomic mass is 16.5. The number of aliphatic imine (C=N–C) groups is 1. The van der Waals surface area contributed by atoms with Crippen LogP contribution in [0, 0.1) is 0 Å². The number of guanidine groups is 1. The molecule has 1 aliphatic carbocycles. The molecule has 0 fully saturated rings. The van der Waals surface area contributed by atoms with E-state index in [0.717, 1.165) is 30.7 Å². The molecule has 2 N–H and O–H groups in total. The second-order valence-electron chi connectivity index (χ2n) is 8.03. The fourth-order valence-electron chi connectivity index (χ4n) is 3.31. The standard InChI is InChI=1S/C22H31N5O2/c1-15(2)20-12-19(29-26-20)13-23-22(24-14-21(28)27(3)4)25-18-10-9-16-7-5-6-8-17(16)11-18/h5-8,12,15,18H,9-11,13-14H2,1-4H3,(H2,23,24,25). The first-order chi connectivity index (χ1) is 13.9. The summed E-state index contributed by atoms with van der Waals surface area (Å²) in [6.07, 6.45) is 3.01. The van der Waals surface area contributed by atoms with Crippen LogP contribution >= 0.6 is 0 Å². The van der Waals surface area contributed by atoms with E-state index in [1.54, 1.807) is 19.0 Å². The first kappa shape index (κ1) is 20.9. The third-order valence-electron chi connectivity index (χ3n) is 5.16. The quantitative estimate of drug-likeness (QED) is 0.578. The number of nitrogens with zero attached hydrogens (tertiary/aromatic N) is 3. The van der Waals surface area contributed by atoms with Gasteiger partial charge in [0.15, 0.2) is 11.7 Å². The maximum absolute atomic E-state index is 12.0. The van der Waals surface area contributed by atoms with E-state index in [4.69, 9.17) is 4.52 Å². The van der Waals surface area contributed by atoms with Gasteiger partial charge in [-0.2, -0.15) is 0 Å². The molecule has 0 saturated heterocycles. The molecule has 3 rings (SSSR count). The molecule has 2 aromatic rings. The van der Waals surface area contributed by atoms with Crippen LogP contribution in [0.15, 0.2) is 39.8 Å². The van der Waals surface area contributed by atoms with E-state index in [-0.39, 0.29) is 18.5 Å². The number of fused-ring (bicyclic) bond motifs is 1. The van der Waals surface area contributed by atoms with E-state index in [9.17, 15) is 4.79 Å². The molecule has 1 heterocycles. The molecule has 1 aromatic heterocycles. The van der Waals surface area contributed by atoms with Gasteiger partial charge in [-0.1, -0.05) is 43.3 Å². The van der Waals surface area contributed by atoms with Crippen LogP contribution in [0.5, 0.6) is 0 Å². The molecule has 29 heavy (non-hydrogen) atoms. The van der Waals surface area contributed by atoms with Gasteiger partial charge in [0.25, 0.3) is 0 Å². The van der Waals surface area contributed by atoms with Crippen LogP contribution in [-0.4, -0.2) is 48.6 Å². The monoisotopic (exact) mass is 397 g/mol. The smallest absolute Gasteiger partial charge is 0.243 e. The lowest BCUT2D eigenvalue weighted by atomic mass is 9.88. The van der Waals surface area contributed by atoms with Gasteiger partial charge in [-0.05, 0) is 36.3 Å². The molecule has 7 heteroatoms. The van der Waals surface area contributed by atoms with E-state index in [1.807, 2.05) is 6.07 Å². The Morgan fingerprint density at radius 3 is 2.76 bits per heavy atom. The van der Waals surface area contributed by atoms with Crippen molar-refractivity contribution in [2.24, 2.45) is 4.99 Å². The Labute approximate surface area is 172 Å². The van der Waals surface area contributed by atoms with Crippen LogP contribution in [0.1, 0.15) is 48.8 Å². The molecule has 0 bridgehead atoms. The number of aryl methyl sites for hydroxylation is 1. The van der Waals surface area contributed by atoms with Gasteiger partial charge in [0, 0.05) is 26.2 Å². The third-order valence-corrected chi connectivity index (χ3v) is 5.16. The Morgan fingerprint density at radius 1 is 1.31 bits per heavy atom. The van der Waals surface area contributed by atoms with Crippen molar-refractivity contribution in [2.75, 3.05) is 20.6 Å². The number of hydrogen-bond acceptors (Lipinski definition) is 4. The highest BCUT2D eigenvalue weighted by Crippen LogP contribution is 2.21. The van der Waals surface area contributed by atoms with Gasteiger partial charge in [-0.15, -0.1) is 0 Å². The van der Waals surface area contributed by atoms with Gasteiger partial charge < -0.3 is 20.1 Å². The van der Waals surface area contributed by atoms with Crippen LogP contribution < -0.4 is 10.6 Å². The highest BCUT2D eigenvalue weighted by Gasteiger charge is 2.19. The van der Waals surface area contributed by atoms with E-state index < -0.39 is 0 Å². The minimum Gasteiger partial charge on any atom is -0.359 e. The van der Waals surface area contributed by atoms with E-state index in [2.05, 4.69) is 58.9 Å². The van der Waals surface area contributed by atoms with Gasteiger partial charge >= 0.3 is 0 Å². The molecular formula is C22H31N5O2. The van der Waals surface area contributed by atoms with Crippen molar-refractivity contribution >= 4 is 11.9 Å². The summed E-state index contributed by atoms with van der Waals surface area (Å²) in [6.45, 7) is 4.72. The molecule has 1 amide bonds. The summed E-state index contributed by atoms with van der Waals surface area (Å²) in [4.78, 5) is 18.0. The van der Waals surface area contributed by atoms with E-state index in [1.165, 1.54) is 11.1 Å². The first-order valence-electron chi connectivity index (χ1n) is 10.2. The van der Waals surface area contributed by atoms with Crippen LogP contribution in [0.4, 0.5) is 0 Å². The summed E-state index contributed by atoms with van der Waals surface area (Å²) in [5, 5.41) is 10.9. The zero-order chi connectivity index (χ0) is 20.8. The number of nitrogens with one attached hydrogen (secondary N) is 2. The van der Waals surface area contributed by atoms with Crippen LogP contribution in [0.25, 0.3) is 0 Å². The van der Waals surface area contributed by atoms with Crippen molar-refractivity contribution in [3.8, 4) is 0 Å². The Bertz CT molecular complexity index is 856. The van der Waals surface area contributed by atoms with Gasteiger partial charge in [-0.3, -0.25) is 4.79 Å². The molecule has 156 valence electrons. The molecule has 1 aromatic carbocycles. The van der Waals surface area contributed by atoms with Crippen molar-refractivity contribution in [3.63, 3.8) is 0 Å². The topological polar surface area (TPSA) is 82.8 Å². The first-order valence-corrected chi connectivity index (χ1v) is 10.2. The largest absolute Gasteiger partial charge is 0.359 e. The molecule has 0 aliphatic heterocycles. The Balaban J connectivity index is 1.65. The molecular weight excluding hydrogens is 366 g/mol. The number of aromatic nitrogens is 1. The van der Waals surface area contributed by atoms with Crippen molar-refractivity contribution in [1.82, 2.24) is 20.7 Å². The summed E-state index contributed by atoms with van der Waals surface area (Å²) in [5.41, 5.74) is 3.72. The zero-order valence-corrected chi connectivity index (χ0v) is 17.7. The lowest BCUT2D eigenvalue weighted by Crippen LogP contribution is -2.46. The average Bonchev–Trinajstić information content (AvgIpc) is 3.19. The Hall–Kier alpha value is -2.83. The lowest BCUT2D eigenvalue weighted by Gasteiger charge is -2.27. The number of amides is 1. The fourth-order valence-corrected chi connectivity index (χ4v) is 3.31. The molecule has 0 saturated carbocycles. The Morgan fingerprint density at radius 2 is 2.07 bits per heavy atom. The summed E-state index contributed by atoms with van der Waals surface area (Å²) in [5.74, 6) is 1.64. The van der Waals surface area contributed by atoms with Crippen molar-refractivity contribution in [3.05, 3.63) is 52.9 Å². The summed E-state index contributed by atoms with van der Waals surface area (Å²) < 4.78 is 5.41. The summed E-state index contributed by atoms with van der Waals surface area (Å²) >= 11 is 0. The predicted octanol–water partition coefficient (Wildman–Crippen LogP) is 2.48. The van der Waals surface area contributed by atoms with Crippen molar-refractivity contribution in [1.29, 1.82) is 0 Å². The second-order valence-corrected chi connectivity index (χ2v) is 8.03. The average molecular weight is 398 g/mol. The Kier molecular flexibility index (Phi) is 6.90. The van der Waals surface area contributed by atoms with Gasteiger partial charge in [-0.25, -0.2) is 4.99 Å². The minimum atomic E-state index is -0.0400. The summed E-state index contributed by atoms with van der Waals surface area (Å²) in [6, 6.07) is 10.8. The number of hydrogen-bond donors (Lipinski definition) is 2. The predicted molar refractivity (Wildman–Crippen MR) is 114 cm³/mol. The molecule has 0 spiro atoms. The molecule has 1 unspecified atom stereocenters. The van der Waals surface area contributed by atoms with Crippen molar-refractivity contribution < 1.29 is 9.32 Å². The van der Waals surface area contributed by atoms with Crippen LogP contribution in [0.2, 0.25) is 0 Å². The van der Waals surface area contributed by atoms with Crippen LogP contribution in [0.3, 0.4) is 0 Å². The van der Waals surface area contributed by atoms with Crippen molar-refractivity contribution in [2.45, 2.75) is 51.6 Å². The van der Waals surface area contributed by atoms with Gasteiger partial charge in [0.05, 0.1) is 12.2 Å². The maximum Gasteiger partial charge on any atom is 0.243 e. The molecule has 1 aliphatic rings. The maximum atomic E-state index is 12.0. The van der Waals surface area contributed by atoms with E-state index in [0.29, 0.717) is 18.4 Å². The molecule has 7 nitrogen and oxygen atoms in total.